The van der Waals surface area contributed by atoms with E-state index in [2.05, 4.69) is 4.90 Å². The van der Waals surface area contributed by atoms with Crippen LogP contribution >= 0.6 is 0 Å². The number of piperidine rings is 1. The Bertz CT molecular complexity index is 1210. The first-order valence-electron chi connectivity index (χ1n) is 11.0. The summed E-state index contributed by atoms with van der Waals surface area (Å²) in [5, 5.41) is 0.484. The molecule has 2 heterocycles. The summed E-state index contributed by atoms with van der Waals surface area (Å²) in [6.07, 6.45) is 2.75. The molecule has 0 spiro atoms. The van der Waals surface area contributed by atoms with Gasteiger partial charge in [-0.1, -0.05) is 12.1 Å². The molecule has 33 heavy (non-hydrogen) atoms. The van der Waals surface area contributed by atoms with E-state index in [4.69, 9.17) is 4.42 Å². The smallest absolute Gasteiger partial charge is 0.294 e. The maximum atomic E-state index is 13.4. The molecule has 1 saturated heterocycles. The van der Waals surface area contributed by atoms with Crippen molar-refractivity contribution in [3.8, 4) is 0 Å². The zero-order valence-corrected chi connectivity index (χ0v) is 19.1. The van der Waals surface area contributed by atoms with Crippen LogP contribution in [-0.2, 0) is 11.3 Å². The summed E-state index contributed by atoms with van der Waals surface area (Å²) >= 11 is 0. The number of likely N-dealkylation sites (tertiary alicyclic amines) is 1. The van der Waals surface area contributed by atoms with E-state index in [1.54, 1.807) is 24.3 Å². The number of amides is 1. The van der Waals surface area contributed by atoms with Gasteiger partial charge >= 0.3 is 0 Å². The number of rotatable bonds is 6. The number of ketones is 2. The largest absolute Gasteiger partial charge is 0.464 e. The van der Waals surface area contributed by atoms with Gasteiger partial charge in [-0.25, -0.2) is 4.39 Å². The highest BCUT2D eigenvalue weighted by atomic mass is 19.1. The molecule has 6 nitrogen and oxygen atoms in total. The first-order chi connectivity index (χ1) is 15.7. The molecule has 0 atom stereocenters. The van der Waals surface area contributed by atoms with Gasteiger partial charge in [0.2, 0.25) is 0 Å². The van der Waals surface area contributed by atoms with E-state index in [9.17, 15) is 18.8 Å². The summed E-state index contributed by atoms with van der Waals surface area (Å²) in [6.45, 7) is 4.14. The average Bonchev–Trinajstić information content (AvgIpc) is 3.21. The molecular formula is C26H27FN2O4. The van der Waals surface area contributed by atoms with Crippen molar-refractivity contribution in [2.24, 2.45) is 5.92 Å². The second-order valence-electron chi connectivity index (χ2n) is 8.88. The van der Waals surface area contributed by atoms with Gasteiger partial charge in [0.1, 0.15) is 17.7 Å². The van der Waals surface area contributed by atoms with E-state index in [1.807, 2.05) is 6.92 Å². The molecule has 172 valence electrons. The zero-order chi connectivity index (χ0) is 23.7. The highest BCUT2D eigenvalue weighted by Crippen LogP contribution is 2.30. The predicted molar refractivity (Wildman–Crippen MR) is 123 cm³/mol. The fourth-order valence-corrected chi connectivity index (χ4v) is 4.36. The van der Waals surface area contributed by atoms with E-state index in [-0.39, 0.29) is 23.1 Å². The number of benzene rings is 2. The van der Waals surface area contributed by atoms with Crippen molar-refractivity contribution >= 4 is 28.4 Å². The fourth-order valence-electron chi connectivity index (χ4n) is 4.36. The highest BCUT2D eigenvalue weighted by Gasteiger charge is 2.29. The monoisotopic (exact) mass is 450 g/mol. The minimum Gasteiger partial charge on any atom is -0.464 e. The second-order valence-corrected chi connectivity index (χ2v) is 8.88. The molecule has 2 aromatic carbocycles. The van der Waals surface area contributed by atoms with Gasteiger partial charge in [-0.05, 0) is 68.2 Å². The zero-order valence-electron chi connectivity index (χ0n) is 19.1. The van der Waals surface area contributed by atoms with Crippen LogP contribution in [0.2, 0.25) is 0 Å². The molecule has 4 rings (SSSR count). The first-order valence-corrected chi connectivity index (χ1v) is 11.0. The molecule has 3 aromatic rings. The molecule has 0 saturated carbocycles. The number of nitrogens with zero attached hydrogens (tertiary/aromatic N) is 2. The Kier molecular flexibility index (Phi) is 6.42. The number of fused-ring (bicyclic) bond motifs is 1. The molecule has 0 bridgehead atoms. The van der Waals surface area contributed by atoms with Gasteiger partial charge in [0.05, 0.1) is 5.56 Å². The SMILES string of the molecule is Cc1cc2occ(C(=O)C(=O)N(C)C)c2cc1C(=O)C1CCN(Cc2ccc(F)cc2)CC1. The number of hydrogen-bond donors (Lipinski definition) is 0. The number of Topliss-reactive ketones (excluding diaryl/α,β-unsaturated/α-hetero) is 2. The van der Waals surface area contributed by atoms with Gasteiger partial charge in [0.15, 0.2) is 5.78 Å². The molecule has 1 fully saturated rings. The molecule has 0 aliphatic carbocycles. The Morgan fingerprint density at radius 3 is 2.36 bits per heavy atom. The minimum atomic E-state index is -0.657. The Labute approximate surface area is 192 Å². The van der Waals surface area contributed by atoms with Gasteiger partial charge in [0, 0.05) is 37.5 Å². The normalized spacial score (nSPS) is 15.0. The van der Waals surface area contributed by atoms with Crippen molar-refractivity contribution in [1.82, 2.24) is 9.80 Å². The lowest BCUT2D eigenvalue weighted by atomic mass is 9.86. The van der Waals surface area contributed by atoms with Crippen LogP contribution in [0.1, 0.15) is 44.7 Å². The highest BCUT2D eigenvalue weighted by molar-refractivity contribution is 6.44. The maximum absolute atomic E-state index is 13.4. The van der Waals surface area contributed by atoms with Gasteiger partial charge in [0.25, 0.3) is 11.7 Å². The second kappa shape index (κ2) is 9.27. The van der Waals surface area contributed by atoms with Crippen LogP contribution in [-0.4, -0.2) is 54.5 Å². The van der Waals surface area contributed by atoms with Crippen LogP contribution in [0.25, 0.3) is 11.0 Å². The van der Waals surface area contributed by atoms with Crippen LogP contribution in [0.4, 0.5) is 4.39 Å². The first kappa shape index (κ1) is 22.9. The number of carbonyl (C=O) groups excluding carboxylic acids is 3. The Morgan fingerprint density at radius 2 is 1.73 bits per heavy atom. The van der Waals surface area contributed by atoms with Crippen LogP contribution in [0.5, 0.6) is 0 Å². The number of aryl methyl sites for hydroxylation is 1. The summed E-state index contributed by atoms with van der Waals surface area (Å²) in [5.74, 6) is -1.60. The topological polar surface area (TPSA) is 70.8 Å². The van der Waals surface area contributed by atoms with Gasteiger partial charge < -0.3 is 9.32 Å². The Morgan fingerprint density at radius 1 is 1.06 bits per heavy atom. The third kappa shape index (κ3) is 4.73. The van der Waals surface area contributed by atoms with Crippen molar-refractivity contribution < 1.29 is 23.2 Å². The Hall–Kier alpha value is -3.32. The molecule has 1 aliphatic rings. The van der Waals surface area contributed by atoms with Gasteiger partial charge in [-0.2, -0.15) is 0 Å². The quantitative estimate of drug-likeness (QED) is 0.415. The van der Waals surface area contributed by atoms with Gasteiger partial charge in [-0.15, -0.1) is 0 Å². The third-order valence-corrected chi connectivity index (χ3v) is 6.31. The number of likely N-dealkylation sites (N-methyl/N-ethyl adjacent to an activating group) is 1. The molecule has 0 unspecified atom stereocenters. The van der Waals surface area contributed by atoms with Crippen LogP contribution in [0.15, 0.2) is 47.1 Å². The number of carbonyl (C=O) groups is 3. The van der Waals surface area contributed by atoms with E-state index in [0.29, 0.717) is 16.5 Å². The molecule has 0 N–H and O–H groups in total. The summed E-state index contributed by atoms with van der Waals surface area (Å²) in [5.41, 5.74) is 3.05. The average molecular weight is 451 g/mol. The van der Waals surface area contributed by atoms with Crippen LogP contribution in [0.3, 0.4) is 0 Å². The number of halogens is 1. The van der Waals surface area contributed by atoms with Crippen molar-refractivity contribution in [2.75, 3.05) is 27.2 Å². The minimum absolute atomic E-state index is 0.0503. The van der Waals surface area contributed by atoms with E-state index < -0.39 is 11.7 Å². The van der Waals surface area contributed by atoms with E-state index in [1.165, 1.54) is 37.4 Å². The third-order valence-electron chi connectivity index (χ3n) is 6.31. The van der Waals surface area contributed by atoms with Crippen molar-refractivity contribution in [3.05, 3.63) is 70.7 Å². The number of hydrogen-bond acceptors (Lipinski definition) is 5. The van der Waals surface area contributed by atoms with Crippen molar-refractivity contribution in [2.45, 2.75) is 26.3 Å². The van der Waals surface area contributed by atoms with E-state index in [0.717, 1.165) is 43.6 Å². The van der Waals surface area contributed by atoms with Crippen LogP contribution in [0, 0.1) is 18.7 Å². The lowest BCUT2D eigenvalue weighted by Gasteiger charge is -2.31. The summed E-state index contributed by atoms with van der Waals surface area (Å²) in [4.78, 5) is 41.6. The predicted octanol–water partition coefficient (Wildman–Crippen LogP) is 4.25. The Balaban J connectivity index is 1.49. The fraction of sp³-hybridized carbons (Fsp3) is 0.346. The molecule has 0 radical (unpaired) electrons. The standard InChI is InChI=1S/C26H27FN2O4/c1-16-12-23-21(22(15-33-23)25(31)26(32)28(2)3)13-20(16)24(30)18-8-10-29(11-9-18)14-17-4-6-19(27)7-5-17/h4-7,12-13,15,18H,8-11,14H2,1-3H3. The van der Waals surface area contributed by atoms with Crippen LogP contribution < -0.4 is 0 Å². The summed E-state index contributed by atoms with van der Waals surface area (Å²) < 4.78 is 18.6. The lowest BCUT2D eigenvalue weighted by Crippen LogP contribution is -2.36. The molecule has 1 aliphatic heterocycles. The van der Waals surface area contributed by atoms with Crippen molar-refractivity contribution in [3.63, 3.8) is 0 Å². The lowest BCUT2D eigenvalue weighted by molar-refractivity contribution is -0.124. The molecule has 7 heteroatoms. The molecule has 1 amide bonds. The maximum Gasteiger partial charge on any atom is 0.294 e. The molecule has 1 aromatic heterocycles. The van der Waals surface area contributed by atoms with E-state index >= 15 is 0 Å². The summed E-state index contributed by atoms with van der Waals surface area (Å²) in [7, 11) is 3.04. The van der Waals surface area contributed by atoms with Crippen molar-refractivity contribution in [1.29, 1.82) is 0 Å². The summed E-state index contributed by atoms with van der Waals surface area (Å²) in [6, 6.07) is 9.95. The van der Waals surface area contributed by atoms with Gasteiger partial charge in [-0.3, -0.25) is 19.3 Å². The molecular weight excluding hydrogens is 423 g/mol. The number of furan rings is 1.